The van der Waals surface area contributed by atoms with E-state index in [0.29, 0.717) is 0 Å². The van der Waals surface area contributed by atoms with Crippen LogP contribution < -0.4 is 0 Å². The number of carboxylic acids is 1. The molecule has 70 valence electrons. The van der Waals surface area contributed by atoms with Gasteiger partial charge in [0.1, 0.15) is 0 Å². The van der Waals surface area contributed by atoms with E-state index in [1.165, 1.54) is 20.8 Å². The molecule has 0 radical (unpaired) electrons. The highest BCUT2D eigenvalue weighted by Gasteiger charge is 2.34. The van der Waals surface area contributed by atoms with E-state index in [-0.39, 0.29) is 6.42 Å². The summed E-state index contributed by atoms with van der Waals surface area (Å²) in [5, 5.41) is 18.9. The topological polar surface area (TPSA) is 80.4 Å². The molecule has 0 aliphatic rings. The minimum absolute atomic E-state index is 0.0509. The molecule has 0 amide bonds. The summed E-state index contributed by atoms with van der Waals surface area (Å²) in [6.45, 7) is 4.31. The second kappa shape index (κ2) is 3.51. The maximum absolute atomic E-state index is 10.4. The standard InChI is InChI=1S/C7H13NO4/c1-5(6(9)10)4-7(2,3)8(11)12/h5H,4H2,1-3H3,(H,9,10)/t5-/m1/s1. The van der Waals surface area contributed by atoms with Crippen molar-refractivity contribution in [1.29, 1.82) is 0 Å². The number of hydrogen-bond acceptors (Lipinski definition) is 3. The molecule has 0 aromatic carbocycles. The number of nitro groups is 1. The minimum atomic E-state index is -1.15. The van der Waals surface area contributed by atoms with Gasteiger partial charge in [-0.15, -0.1) is 0 Å². The smallest absolute Gasteiger partial charge is 0.306 e. The van der Waals surface area contributed by atoms with E-state index >= 15 is 0 Å². The molecule has 0 unspecified atom stereocenters. The summed E-state index contributed by atoms with van der Waals surface area (Å²) in [4.78, 5) is 20.3. The van der Waals surface area contributed by atoms with Gasteiger partial charge in [-0.2, -0.15) is 0 Å². The molecule has 1 atom stereocenters. The van der Waals surface area contributed by atoms with Crippen LogP contribution in [-0.4, -0.2) is 21.5 Å². The van der Waals surface area contributed by atoms with Crippen LogP contribution in [0.4, 0.5) is 0 Å². The van der Waals surface area contributed by atoms with Crippen LogP contribution in [0, 0.1) is 16.0 Å². The molecule has 5 heteroatoms. The van der Waals surface area contributed by atoms with Gasteiger partial charge in [0.2, 0.25) is 5.54 Å². The van der Waals surface area contributed by atoms with Crippen molar-refractivity contribution in [2.45, 2.75) is 32.7 Å². The predicted octanol–water partition coefficient (Wildman–Crippen LogP) is 1.15. The zero-order valence-corrected chi connectivity index (χ0v) is 7.40. The molecular weight excluding hydrogens is 162 g/mol. The van der Waals surface area contributed by atoms with Crippen LogP contribution in [0.15, 0.2) is 0 Å². The highest BCUT2D eigenvalue weighted by molar-refractivity contribution is 5.69. The maximum Gasteiger partial charge on any atom is 0.306 e. The number of nitrogens with zero attached hydrogens (tertiary/aromatic N) is 1. The summed E-state index contributed by atoms with van der Waals surface area (Å²) in [5.41, 5.74) is -1.15. The Labute approximate surface area is 70.5 Å². The first-order chi connectivity index (χ1) is 5.27. The zero-order chi connectivity index (χ0) is 9.94. The van der Waals surface area contributed by atoms with Gasteiger partial charge in [0.05, 0.1) is 5.92 Å². The van der Waals surface area contributed by atoms with E-state index in [1.807, 2.05) is 0 Å². The Bertz CT molecular complexity index is 200. The van der Waals surface area contributed by atoms with Crippen molar-refractivity contribution in [2.75, 3.05) is 0 Å². The summed E-state index contributed by atoms with van der Waals surface area (Å²) in [5.74, 6) is -1.67. The van der Waals surface area contributed by atoms with Crippen molar-refractivity contribution < 1.29 is 14.8 Å². The van der Waals surface area contributed by atoms with Crippen LogP contribution in [0.5, 0.6) is 0 Å². The van der Waals surface area contributed by atoms with E-state index in [9.17, 15) is 14.9 Å². The molecule has 0 fully saturated rings. The third-order valence-electron chi connectivity index (χ3n) is 1.72. The van der Waals surface area contributed by atoms with Crippen molar-refractivity contribution in [3.63, 3.8) is 0 Å². The first-order valence-electron chi connectivity index (χ1n) is 3.64. The van der Waals surface area contributed by atoms with Crippen LogP contribution in [0.25, 0.3) is 0 Å². The number of carbonyl (C=O) groups is 1. The van der Waals surface area contributed by atoms with Gasteiger partial charge in [-0.05, 0) is 0 Å². The summed E-state index contributed by atoms with van der Waals surface area (Å²) in [6.07, 6.45) is 0.0509. The minimum Gasteiger partial charge on any atom is -0.481 e. The molecule has 0 saturated heterocycles. The molecule has 0 aromatic heterocycles. The average Bonchev–Trinajstić information content (AvgIpc) is 1.85. The average molecular weight is 175 g/mol. The van der Waals surface area contributed by atoms with Gasteiger partial charge in [0.15, 0.2) is 0 Å². The van der Waals surface area contributed by atoms with Gasteiger partial charge in [-0.3, -0.25) is 14.9 Å². The lowest BCUT2D eigenvalue weighted by Crippen LogP contribution is -2.34. The molecule has 0 heterocycles. The molecular formula is C7H13NO4. The Morgan fingerprint density at radius 2 is 2.08 bits per heavy atom. The van der Waals surface area contributed by atoms with Crippen LogP contribution >= 0.6 is 0 Å². The first kappa shape index (κ1) is 10.9. The van der Waals surface area contributed by atoms with Crippen LogP contribution in [0.2, 0.25) is 0 Å². The van der Waals surface area contributed by atoms with Crippen molar-refractivity contribution in [3.8, 4) is 0 Å². The SMILES string of the molecule is C[C@H](CC(C)(C)[N+](=O)[O-])C(=O)O. The monoisotopic (exact) mass is 175 g/mol. The third kappa shape index (κ3) is 2.86. The number of aliphatic carboxylic acids is 1. The fourth-order valence-electron chi connectivity index (χ4n) is 0.911. The normalized spacial score (nSPS) is 13.9. The van der Waals surface area contributed by atoms with E-state index in [0.717, 1.165) is 0 Å². The number of rotatable bonds is 4. The molecule has 0 aromatic rings. The van der Waals surface area contributed by atoms with E-state index in [4.69, 9.17) is 5.11 Å². The van der Waals surface area contributed by atoms with E-state index in [2.05, 4.69) is 0 Å². The van der Waals surface area contributed by atoms with E-state index < -0.39 is 22.3 Å². The van der Waals surface area contributed by atoms with Gasteiger partial charge < -0.3 is 5.11 Å². The second-order valence-corrected chi connectivity index (χ2v) is 3.51. The zero-order valence-electron chi connectivity index (χ0n) is 7.40. The summed E-state index contributed by atoms with van der Waals surface area (Å²) >= 11 is 0. The molecule has 0 saturated carbocycles. The van der Waals surface area contributed by atoms with Gasteiger partial charge >= 0.3 is 5.97 Å². The van der Waals surface area contributed by atoms with Crippen molar-refractivity contribution >= 4 is 5.97 Å². The van der Waals surface area contributed by atoms with Gasteiger partial charge in [0, 0.05) is 25.2 Å². The van der Waals surface area contributed by atoms with E-state index in [1.54, 1.807) is 0 Å². The lowest BCUT2D eigenvalue weighted by atomic mass is 9.92. The first-order valence-corrected chi connectivity index (χ1v) is 3.64. The Hall–Kier alpha value is -1.13. The highest BCUT2D eigenvalue weighted by atomic mass is 16.6. The molecule has 0 aliphatic heterocycles. The predicted molar refractivity (Wildman–Crippen MR) is 42.5 cm³/mol. The second-order valence-electron chi connectivity index (χ2n) is 3.51. The van der Waals surface area contributed by atoms with Crippen molar-refractivity contribution in [3.05, 3.63) is 10.1 Å². The molecule has 0 rings (SSSR count). The molecule has 0 spiro atoms. The van der Waals surface area contributed by atoms with Crippen LogP contribution in [0.3, 0.4) is 0 Å². The van der Waals surface area contributed by atoms with Crippen LogP contribution in [0.1, 0.15) is 27.2 Å². The Balaban J connectivity index is 4.24. The van der Waals surface area contributed by atoms with Gasteiger partial charge in [0.25, 0.3) is 0 Å². The van der Waals surface area contributed by atoms with Crippen molar-refractivity contribution in [2.24, 2.45) is 5.92 Å². The quantitative estimate of drug-likeness (QED) is 0.513. The largest absolute Gasteiger partial charge is 0.481 e. The van der Waals surface area contributed by atoms with Gasteiger partial charge in [-0.1, -0.05) is 6.92 Å². The summed E-state index contributed by atoms with van der Waals surface area (Å²) in [6, 6.07) is 0. The molecule has 12 heavy (non-hydrogen) atoms. The summed E-state index contributed by atoms with van der Waals surface area (Å²) in [7, 11) is 0. The number of hydrogen-bond donors (Lipinski definition) is 1. The maximum atomic E-state index is 10.4. The number of carboxylic acid groups (broad SMARTS) is 1. The highest BCUT2D eigenvalue weighted by Crippen LogP contribution is 2.19. The molecule has 0 bridgehead atoms. The third-order valence-corrected chi connectivity index (χ3v) is 1.72. The molecule has 5 nitrogen and oxygen atoms in total. The summed E-state index contributed by atoms with van der Waals surface area (Å²) < 4.78 is 0. The molecule has 0 aliphatic carbocycles. The lowest BCUT2D eigenvalue weighted by molar-refractivity contribution is -0.562. The fourth-order valence-corrected chi connectivity index (χ4v) is 0.911. The lowest BCUT2D eigenvalue weighted by Gasteiger charge is -2.17. The fraction of sp³-hybridized carbons (Fsp3) is 0.857. The molecule has 1 N–H and O–H groups in total. The Kier molecular flexibility index (Phi) is 3.18. The Morgan fingerprint density at radius 1 is 1.67 bits per heavy atom. The van der Waals surface area contributed by atoms with Gasteiger partial charge in [-0.25, -0.2) is 0 Å². The van der Waals surface area contributed by atoms with Crippen molar-refractivity contribution in [1.82, 2.24) is 0 Å². The Morgan fingerprint density at radius 3 is 2.33 bits per heavy atom. The van der Waals surface area contributed by atoms with Crippen LogP contribution in [-0.2, 0) is 4.79 Å².